The summed E-state index contributed by atoms with van der Waals surface area (Å²) in [6, 6.07) is 8.81. The van der Waals surface area contributed by atoms with Gasteiger partial charge in [-0.1, -0.05) is 18.6 Å². The first kappa shape index (κ1) is 19.9. The fraction of sp³-hybridized carbons (Fsp3) is 0.435. The Balaban J connectivity index is 1.48. The molecule has 162 valence electrons. The molecule has 0 aliphatic carbocycles. The van der Waals surface area contributed by atoms with Gasteiger partial charge in [-0.2, -0.15) is 0 Å². The molecule has 0 bridgehead atoms. The van der Waals surface area contributed by atoms with Gasteiger partial charge in [0.2, 0.25) is 5.91 Å². The van der Waals surface area contributed by atoms with Crippen molar-refractivity contribution in [2.45, 2.75) is 51.7 Å². The van der Waals surface area contributed by atoms with E-state index < -0.39 is 0 Å². The minimum absolute atomic E-state index is 0.0301. The van der Waals surface area contributed by atoms with Crippen molar-refractivity contribution in [2.75, 3.05) is 13.1 Å². The Labute approximate surface area is 179 Å². The van der Waals surface area contributed by atoms with E-state index in [1.54, 1.807) is 17.0 Å². The molecule has 5 rings (SSSR count). The molecule has 31 heavy (non-hydrogen) atoms. The molecule has 7 nitrogen and oxygen atoms in total. The second kappa shape index (κ2) is 7.92. The normalized spacial score (nSPS) is 19.5. The molecule has 0 saturated carbocycles. The van der Waals surface area contributed by atoms with Crippen molar-refractivity contribution in [3.8, 4) is 0 Å². The molecule has 0 radical (unpaired) electrons. The molecule has 3 aromatic rings. The van der Waals surface area contributed by atoms with E-state index >= 15 is 0 Å². The van der Waals surface area contributed by atoms with Crippen LogP contribution in [-0.4, -0.2) is 43.4 Å². The number of benzene rings is 1. The molecule has 1 atom stereocenters. The van der Waals surface area contributed by atoms with Gasteiger partial charge in [-0.15, -0.1) is 0 Å². The van der Waals surface area contributed by atoms with Crippen molar-refractivity contribution in [2.24, 2.45) is 0 Å². The number of carbonyl (C=O) groups is 1. The standard InChI is InChI=1S/C23H26FN5O2/c1-15(30)27-10-8-19-18(14-27)23(31)29-22(25-19)12-20(26-29)21-7-2-3-9-28(21)13-16-5-4-6-17(24)11-16/h4-6,11-12,21,26H,2-3,7-10,13-14H2,1H3/t21-/m1/s1. The summed E-state index contributed by atoms with van der Waals surface area (Å²) in [5, 5.41) is 3.28. The Hall–Kier alpha value is -3.00. The van der Waals surface area contributed by atoms with Crippen LogP contribution in [0.4, 0.5) is 4.39 Å². The molecule has 1 N–H and O–H groups in total. The maximum Gasteiger partial charge on any atom is 0.277 e. The minimum atomic E-state index is -0.224. The summed E-state index contributed by atoms with van der Waals surface area (Å²) in [6.45, 7) is 4.00. The highest BCUT2D eigenvalue weighted by Crippen LogP contribution is 2.32. The van der Waals surface area contributed by atoms with Crippen molar-refractivity contribution in [3.05, 3.63) is 69.0 Å². The first-order valence-corrected chi connectivity index (χ1v) is 10.9. The maximum atomic E-state index is 13.7. The number of H-pyrrole nitrogens is 1. The Kier molecular flexibility index (Phi) is 5.09. The van der Waals surface area contributed by atoms with Gasteiger partial charge in [0.05, 0.1) is 29.5 Å². The number of carbonyl (C=O) groups excluding carboxylic acids is 1. The molecular formula is C23H26FN5O2. The van der Waals surface area contributed by atoms with E-state index in [2.05, 4.69) is 10.00 Å². The summed E-state index contributed by atoms with van der Waals surface area (Å²) >= 11 is 0. The topological polar surface area (TPSA) is 73.7 Å². The fourth-order valence-corrected chi connectivity index (χ4v) is 4.84. The zero-order valence-corrected chi connectivity index (χ0v) is 17.6. The van der Waals surface area contributed by atoms with Gasteiger partial charge in [-0.3, -0.25) is 19.6 Å². The summed E-state index contributed by atoms with van der Waals surface area (Å²) in [5.41, 5.74) is 3.75. The van der Waals surface area contributed by atoms with Crippen LogP contribution in [0.3, 0.4) is 0 Å². The van der Waals surface area contributed by atoms with Gasteiger partial charge in [-0.25, -0.2) is 13.9 Å². The number of nitrogens with one attached hydrogen (secondary N) is 1. The molecule has 2 aliphatic rings. The average molecular weight is 423 g/mol. The van der Waals surface area contributed by atoms with E-state index in [0.717, 1.165) is 42.8 Å². The zero-order valence-electron chi connectivity index (χ0n) is 17.6. The number of aromatic nitrogens is 3. The van der Waals surface area contributed by atoms with Crippen molar-refractivity contribution < 1.29 is 9.18 Å². The predicted octanol–water partition coefficient (Wildman–Crippen LogP) is 2.79. The largest absolute Gasteiger partial charge is 0.338 e. The fourth-order valence-electron chi connectivity index (χ4n) is 4.84. The van der Waals surface area contributed by atoms with Crippen LogP contribution in [0.5, 0.6) is 0 Å². The Morgan fingerprint density at radius 1 is 1.26 bits per heavy atom. The Morgan fingerprint density at radius 2 is 2.13 bits per heavy atom. The van der Waals surface area contributed by atoms with Crippen molar-refractivity contribution in [1.82, 2.24) is 24.4 Å². The Morgan fingerprint density at radius 3 is 2.94 bits per heavy atom. The number of hydrogen-bond acceptors (Lipinski definition) is 4. The lowest BCUT2D eigenvalue weighted by Gasteiger charge is -2.35. The van der Waals surface area contributed by atoms with Crippen LogP contribution >= 0.6 is 0 Å². The number of rotatable bonds is 3. The van der Waals surface area contributed by atoms with Crippen LogP contribution < -0.4 is 5.56 Å². The van der Waals surface area contributed by atoms with Gasteiger partial charge in [0, 0.05) is 32.5 Å². The number of likely N-dealkylation sites (tertiary alicyclic amines) is 1. The molecular weight excluding hydrogens is 397 g/mol. The summed E-state index contributed by atoms with van der Waals surface area (Å²) in [5.74, 6) is -0.255. The van der Waals surface area contributed by atoms with Gasteiger partial charge in [0.15, 0.2) is 5.65 Å². The lowest BCUT2D eigenvalue weighted by molar-refractivity contribution is -0.129. The molecule has 0 spiro atoms. The molecule has 1 fully saturated rings. The Bertz CT molecular complexity index is 1200. The quantitative estimate of drug-likeness (QED) is 0.703. The number of fused-ring (bicyclic) bond motifs is 2. The summed E-state index contributed by atoms with van der Waals surface area (Å²) in [4.78, 5) is 33.7. The first-order valence-electron chi connectivity index (χ1n) is 10.9. The molecule has 4 heterocycles. The maximum absolute atomic E-state index is 13.7. The number of hydrogen-bond donors (Lipinski definition) is 1. The van der Waals surface area contributed by atoms with Crippen LogP contribution in [0.15, 0.2) is 35.1 Å². The van der Waals surface area contributed by atoms with E-state index in [-0.39, 0.29) is 23.3 Å². The SMILES string of the molecule is CC(=O)N1CCc2nc3cc([C@H]4CCCCN4Cc4cccc(F)c4)[nH]n3c(=O)c2C1. The van der Waals surface area contributed by atoms with Crippen molar-refractivity contribution >= 4 is 11.6 Å². The van der Waals surface area contributed by atoms with Crippen LogP contribution in [0, 0.1) is 5.82 Å². The summed E-state index contributed by atoms with van der Waals surface area (Å²) < 4.78 is 15.2. The van der Waals surface area contributed by atoms with E-state index in [4.69, 9.17) is 4.98 Å². The van der Waals surface area contributed by atoms with Crippen LogP contribution in [0.2, 0.25) is 0 Å². The second-order valence-corrected chi connectivity index (χ2v) is 8.55. The minimum Gasteiger partial charge on any atom is -0.338 e. The highest BCUT2D eigenvalue weighted by Gasteiger charge is 2.28. The van der Waals surface area contributed by atoms with E-state index in [9.17, 15) is 14.0 Å². The van der Waals surface area contributed by atoms with Crippen molar-refractivity contribution in [1.29, 1.82) is 0 Å². The molecule has 0 unspecified atom stereocenters. The van der Waals surface area contributed by atoms with Crippen LogP contribution in [0.1, 0.15) is 54.7 Å². The molecule has 8 heteroatoms. The highest BCUT2D eigenvalue weighted by molar-refractivity contribution is 5.73. The van der Waals surface area contributed by atoms with E-state index in [0.29, 0.717) is 37.3 Å². The third-order valence-corrected chi connectivity index (χ3v) is 6.47. The lowest BCUT2D eigenvalue weighted by Crippen LogP contribution is -2.39. The van der Waals surface area contributed by atoms with Crippen LogP contribution in [0.25, 0.3) is 5.65 Å². The predicted molar refractivity (Wildman–Crippen MR) is 114 cm³/mol. The molecule has 2 aromatic heterocycles. The van der Waals surface area contributed by atoms with E-state index in [1.165, 1.54) is 17.5 Å². The summed E-state index contributed by atoms with van der Waals surface area (Å²) in [7, 11) is 0. The second-order valence-electron chi connectivity index (χ2n) is 8.55. The number of piperidine rings is 1. The first-order chi connectivity index (χ1) is 15.0. The highest BCUT2D eigenvalue weighted by atomic mass is 19.1. The van der Waals surface area contributed by atoms with E-state index in [1.807, 2.05) is 12.1 Å². The molecule has 1 amide bonds. The number of halogens is 1. The van der Waals surface area contributed by atoms with Gasteiger partial charge in [0.1, 0.15) is 5.82 Å². The smallest absolute Gasteiger partial charge is 0.277 e. The zero-order chi connectivity index (χ0) is 21.5. The van der Waals surface area contributed by atoms with Crippen LogP contribution in [-0.2, 0) is 24.3 Å². The monoisotopic (exact) mass is 423 g/mol. The van der Waals surface area contributed by atoms with Gasteiger partial charge >= 0.3 is 0 Å². The lowest BCUT2D eigenvalue weighted by atomic mass is 9.98. The van der Waals surface area contributed by atoms with Crippen molar-refractivity contribution in [3.63, 3.8) is 0 Å². The molecule has 1 saturated heterocycles. The summed E-state index contributed by atoms with van der Waals surface area (Å²) in [6.07, 6.45) is 3.76. The molecule has 2 aliphatic heterocycles. The van der Waals surface area contributed by atoms with Gasteiger partial charge in [-0.05, 0) is 37.1 Å². The average Bonchev–Trinajstić information content (AvgIpc) is 3.18. The third kappa shape index (κ3) is 3.76. The number of nitrogens with zero attached hydrogens (tertiary/aromatic N) is 4. The third-order valence-electron chi connectivity index (χ3n) is 6.47. The number of amides is 1. The number of aromatic amines is 1. The van der Waals surface area contributed by atoms with Gasteiger partial charge < -0.3 is 4.90 Å². The van der Waals surface area contributed by atoms with Gasteiger partial charge in [0.25, 0.3) is 5.56 Å². The molecule has 1 aromatic carbocycles.